The van der Waals surface area contributed by atoms with Gasteiger partial charge in [0.2, 0.25) is 0 Å². The number of likely N-dealkylation sites (tertiary alicyclic amines) is 1. The Hall–Kier alpha value is -0.900. The average molecular weight is 276 g/mol. The van der Waals surface area contributed by atoms with Crippen molar-refractivity contribution in [2.75, 3.05) is 33.3 Å². The van der Waals surface area contributed by atoms with Gasteiger partial charge >= 0.3 is 0 Å². The van der Waals surface area contributed by atoms with Crippen LogP contribution in [-0.2, 0) is 17.9 Å². The summed E-state index contributed by atoms with van der Waals surface area (Å²) < 4.78 is 5.17. The molecule has 1 heterocycles. The van der Waals surface area contributed by atoms with E-state index in [4.69, 9.17) is 4.74 Å². The summed E-state index contributed by atoms with van der Waals surface area (Å²) in [6.07, 6.45) is 2.72. The molecule has 0 radical (unpaired) electrons. The van der Waals surface area contributed by atoms with Crippen LogP contribution in [-0.4, -0.2) is 38.2 Å². The maximum absolute atomic E-state index is 5.17. The van der Waals surface area contributed by atoms with Crippen LogP contribution in [0.15, 0.2) is 24.3 Å². The molecule has 0 aliphatic carbocycles. The Morgan fingerprint density at radius 3 is 2.75 bits per heavy atom. The monoisotopic (exact) mass is 276 g/mol. The van der Waals surface area contributed by atoms with Crippen LogP contribution in [0, 0.1) is 5.92 Å². The maximum atomic E-state index is 5.17. The van der Waals surface area contributed by atoms with Crippen LogP contribution in [0.4, 0.5) is 0 Å². The number of rotatable bonds is 7. The minimum absolute atomic E-state index is 0.694. The molecule has 3 nitrogen and oxygen atoms in total. The van der Waals surface area contributed by atoms with Gasteiger partial charge in [0.1, 0.15) is 0 Å². The molecule has 1 saturated heterocycles. The van der Waals surface area contributed by atoms with E-state index in [-0.39, 0.29) is 0 Å². The smallest absolute Gasteiger partial charge is 0.0713 e. The lowest BCUT2D eigenvalue weighted by atomic mass is 9.99. The van der Waals surface area contributed by atoms with Gasteiger partial charge in [-0.05, 0) is 43.0 Å². The molecule has 112 valence electrons. The summed E-state index contributed by atoms with van der Waals surface area (Å²) in [6.45, 7) is 8.79. The minimum Gasteiger partial charge on any atom is -0.380 e. The summed E-state index contributed by atoms with van der Waals surface area (Å²) in [7, 11) is 1.74. The second-order valence-corrected chi connectivity index (χ2v) is 5.95. The summed E-state index contributed by atoms with van der Waals surface area (Å²) in [5, 5.41) is 3.55. The lowest BCUT2D eigenvalue weighted by molar-refractivity contribution is 0.185. The molecule has 0 amide bonds. The van der Waals surface area contributed by atoms with Crippen LogP contribution in [0.2, 0.25) is 0 Å². The van der Waals surface area contributed by atoms with Crippen molar-refractivity contribution in [2.45, 2.75) is 32.9 Å². The third-order valence-electron chi connectivity index (χ3n) is 4.11. The first kappa shape index (κ1) is 15.5. The fourth-order valence-electron chi connectivity index (χ4n) is 2.75. The summed E-state index contributed by atoms with van der Waals surface area (Å²) in [6, 6.07) is 8.62. The van der Waals surface area contributed by atoms with Gasteiger partial charge in [-0.3, -0.25) is 0 Å². The van der Waals surface area contributed by atoms with Crippen LogP contribution < -0.4 is 5.32 Å². The highest BCUT2D eigenvalue weighted by Crippen LogP contribution is 2.15. The normalized spacial score (nSPS) is 17.5. The van der Waals surface area contributed by atoms with Gasteiger partial charge in [-0.25, -0.2) is 0 Å². The van der Waals surface area contributed by atoms with E-state index < -0.39 is 0 Å². The largest absolute Gasteiger partial charge is 0.380 e. The highest BCUT2D eigenvalue weighted by Gasteiger charge is 2.14. The van der Waals surface area contributed by atoms with E-state index in [2.05, 4.69) is 41.4 Å². The standard InChI is InChI=1S/C17H28N2O/c1-15-6-9-19(10-7-15)11-8-18-13-16-4-3-5-17(12-16)14-20-2/h3-5,12,15,18H,6-11,13-14H2,1-2H3. The molecule has 0 spiro atoms. The number of benzene rings is 1. The van der Waals surface area contributed by atoms with Crippen molar-refractivity contribution < 1.29 is 4.74 Å². The summed E-state index contributed by atoms with van der Waals surface area (Å²) >= 11 is 0. The fraction of sp³-hybridized carbons (Fsp3) is 0.647. The van der Waals surface area contributed by atoms with E-state index in [9.17, 15) is 0 Å². The van der Waals surface area contributed by atoms with Crippen molar-refractivity contribution in [3.05, 3.63) is 35.4 Å². The molecule has 0 bridgehead atoms. The van der Waals surface area contributed by atoms with E-state index in [0.717, 1.165) is 19.0 Å². The van der Waals surface area contributed by atoms with Gasteiger partial charge in [-0.2, -0.15) is 0 Å². The topological polar surface area (TPSA) is 24.5 Å². The summed E-state index contributed by atoms with van der Waals surface area (Å²) in [5.41, 5.74) is 2.59. The third kappa shape index (κ3) is 5.23. The van der Waals surface area contributed by atoms with Crippen LogP contribution in [0.25, 0.3) is 0 Å². The molecule has 1 aromatic carbocycles. The Morgan fingerprint density at radius 1 is 1.25 bits per heavy atom. The molecule has 3 heteroatoms. The second kappa shape index (κ2) is 8.40. The predicted octanol–water partition coefficient (Wildman–Crippen LogP) is 2.65. The number of hydrogen-bond acceptors (Lipinski definition) is 3. The first-order chi connectivity index (χ1) is 9.78. The predicted molar refractivity (Wildman–Crippen MR) is 83.7 cm³/mol. The van der Waals surface area contributed by atoms with Gasteiger partial charge in [0.15, 0.2) is 0 Å². The fourth-order valence-corrected chi connectivity index (χ4v) is 2.75. The van der Waals surface area contributed by atoms with E-state index >= 15 is 0 Å². The van der Waals surface area contributed by atoms with Crippen molar-refractivity contribution in [3.8, 4) is 0 Å². The zero-order chi connectivity index (χ0) is 14.2. The van der Waals surface area contributed by atoms with Gasteiger partial charge < -0.3 is 15.0 Å². The van der Waals surface area contributed by atoms with Crippen molar-refractivity contribution in [1.29, 1.82) is 0 Å². The SMILES string of the molecule is COCc1cccc(CNCCN2CCC(C)CC2)c1. The molecule has 0 saturated carbocycles. The highest BCUT2D eigenvalue weighted by molar-refractivity contribution is 5.22. The minimum atomic E-state index is 0.694. The first-order valence-corrected chi connectivity index (χ1v) is 7.78. The Labute approximate surface area is 123 Å². The zero-order valence-electron chi connectivity index (χ0n) is 12.9. The molecule has 2 rings (SSSR count). The van der Waals surface area contributed by atoms with Gasteiger partial charge in [-0.1, -0.05) is 31.2 Å². The van der Waals surface area contributed by atoms with Gasteiger partial charge in [0, 0.05) is 26.7 Å². The number of nitrogens with one attached hydrogen (secondary N) is 1. The van der Waals surface area contributed by atoms with Crippen molar-refractivity contribution in [1.82, 2.24) is 10.2 Å². The van der Waals surface area contributed by atoms with Crippen molar-refractivity contribution >= 4 is 0 Å². The van der Waals surface area contributed by atoms with Gasteiger partial charge in [0.25, 0.3) is 0 Å². The van der Waals surface area contributed by atoms with Crippen LogP contribution in [0.5, 0.6) is 0 Å². The molecule has 0 unspecified atom stereocenters. The molecule has 1 aromatic rings. The second-order valence-electron chi connectivity index (χ2n) is 5.95. The summed E-state index contributed by atoms with van der Waals surface area (Å²) in [5.74, 6) is 0.919. The molecule has 1 aliphatic heterocycles. The number of piperidine rings is 1. The Kier molecular flexibility index (Phi) is 6.51. The molecular formula is C17H28N2O. The lowest BCUT2D eigenvalue weighted by Gasteiger charge is -2.30. The Balaban J connectivity index is 1.64. The molecule has 1 aliphatic rings. The van der Waals surface area contributed by atoms with E-state index in [0.29, 0.717) is 6.61 Å². The molecule has 1 fully saturated rings. The average Bonchev–Trinajstić information content (AvgIpc) is 2.46. The maximum Gasteiger partial charge on any atom is 0.0713 e. The third-order valence-corrected chi connectivity index (χ3v) is 4.11. The summed E-state index contributed by atoms with van der Waals surface area (Å²) in [4.78, 5) is 2.58. The number of hydrogen-bond donors (Lipinski definition) is 1. The van der Waals surface area contributed by atoms with Crippen molar-refractivity contribution in [3.63, 3.8) is 0 Å². The number of nitrogens with zero attached hydrogens (tertiary/aromatic N) is 1. The molecule has 1 N–H and O–H groups in total. The van der Waals surface area contributed by atoms with Crippen LogP contribution >= 0.6 is 0 Å². The molecule has 0 atom stereocenters. The van der Waals surface area contributed by atoms with E-state index in [1.165, 1.54) is 43.6 Å². The van der Waals surface area contributed by atoms with Crippen LogP contribution in [0.1, 0.15) is 30.9 Å². The van der Waals surface area contributed by atoms with E-state index in [1.54, 1.807) is 7.11 Å². The molecule has 0 aromatic heterocycles. The Morgan fingerprint density at radius 2 is 2.00 bits per heavy atom. The molecule has 20 heavy (non-hydrogen) atoms. The van der Waals surface area contributed by atoms with Crippen molar-refractivity contribution in [2.24, 2.45) is 5.92 Å². The highest BCUT2D eigenvalue weighted by atomic mass is 16.5. The first-order valence-electron chi connectivity index (χ1n) is 7.78. The van der Waals surface area contributed by atoms with E-state index in [1.807, 2.05) is 0 Å². The lowest BCUT2D eigenvalue weighted by Crippen LogP contribution is -2.37. The van der Waals surface area contributed by atoms with Crippen LogP contribution in [0.3, 0.4) is 0 Å². The van der Waals surface area contributed by atoms with Gasteiger partial charge in [-0.15, -0.1) is 0 Å². The Bertz CT molecular complexity index is 386. The number of ether oxygens (including phenoxy) is 1. The quantitative estimate of drug-likeness (QED) is 0.775. The number of methoxy groups -OCH3 is 1. The molecular weight excluding hydrogens is 248 g/mol. The van der Waals surface area contributed by atoms with Gasteiger partial charge in [0.05, 0.1) is 6.61 Å². The zero-order valence-corrected chi connectivity index (χ0v) is 12.9.